The van der Waals surface area contributed by atoms with Gasteiger partial charge in [0.15, 0.2) is 11.5 Å². The average molecular weight is 219 g/mol. The molecule has 1 heterocycles. The molecule has 1 N–H and O–H groups in total. The molecule has 0 bridgehead atoms. The van der Waals surface area contributed by atoms with Crippen molar-refractivity contribution in [1.82, 2.24) is 5.32 Å². The molecule has 1 aromatic carbocycles. The molecular weight excluding hydrogens is 202 g/mol. The summed E-state index contributed by atoms with van der Waals surface area (Å²) in [6.45, 7) is 0.865. The van der Waals surface area contributed by atoms with Gasteiger partial charge in [0, 0.05) is 19.4 Å². The van der Waals surface area contributed by atoms with Crippen LogP contribution in [-0.2, 0) is 6.54 Å². The van der Waals surface area contributed by atoms with Gasteiger partial charge in [-0.1, -0.05) is 6.07 Å². The summed E-state index contributed by atoms with van der Waals surface area (Å²) in [5, 5.41) is 3.14. The summed E-state index contributed by atoms with van der Waals surface area (Å²) < 4.78 is 11.9. The Kier molecular flexibility index (Phi) is 2.28. The Balaban J connectivity index is 1.86. The number of hydrogen-bond acceptors (Lipinski definition) is 3. The van der Waals surface area contributed by atoms with Crippen LogP contribution >= 0.6 is 0 Å². The zero-order valence-corrected chi connectivity index (χ0v) is 9.58. The fraction of sp³-hybridized carbons (Fsp3) is 0.538. The van der Waals surface area contributed by atoms with Crippen LogP contribution in [0.3, 0.4) is 0 Å². The minimum atomic E-state index is -0.333. The SMILES string of the molecule is CNCc1ccc2c(c1)OC1(CCCC1)O2. The van der Waals surface area contributed by atoms with Crippen molar-refractivity contribution in [3.05, 3.63) is 23.8 Å². The molecule has 3 heteroatoms. The van der Waals surface area contributed by atoms with E-state index in [9.17, 15) is 0 Å². The number of rotatable bonds is 2. The molecule has 3 rings (SSSR count). The number of nitrogens with one attached hydrogen (secondary N) is 1. The van der Waals surface area contributed by atoms with Crippen molar-refractivity contribution in [3.63, 3.8) is 0 Å². The molecular formula is C13H17NO2. The first-order valence-electron chi connectivity index (χ1n) is 5.97. The molecule has 1 aliphatic carbocycles. The maximum atomic E-state index is 5.99. The predicted molar refractivity (Wildman–Crippen MR) is 61.7 cm³/mol. The summed E-state index contributed by atoms with van der Waals surface area (Å²) >= 11 is 0. The lowest BCUT2D eigenvalue weighted by Gasteiger charge is -2.21. The fourth-order valence-electron chi connectivity index (χ4n) is 2.57. The van der Waals surface area contributed by atoms with Gasteiger partial charge in [-0.15, -0.1) is 0 Å². The summed E-state index contributed by atoms with van der Waals surface area (Å²) in [4.78, 5) is 0. The van der Waals surface area contributed by atoms with Crippen molar-refractivity contribution in [2.24, 2.45) is 0 Å². The summed E-state index contributed by atoms with van der Waals surface area (Å²) in [5.74, 6) is 1.48. The van der Waals surface area contributed by atoms with Crippen molar-refractivity contribution < 1.29 is 9.47 Å². The molecule has 0 saturated heterocycles. The Hall–Kier alpha value is -1.22. The fourth-order valence-corrected chi connectivity index (χ4v) is 2.57. The minimum absolute atomic E-state index is 0.333. The molecule has 2 aliphatic rings. The van der Waals surface area contributed by atoms with Crippen molar-refractivity contribution in [1.29, 1.82) is 0 Å². The van der Waals surface area contributed by atoms with Gasteiger partial charge in [-0.25, -0.2) is 0 Å². The Bertz CT molecular complexity index is 397. The third kappa shape index (κ3) is 1.55. The summed E-state index contributed by atoms with van der Waals surface area (Å²) in [6, 6.07) is 6.20. The monoisotopic (exact) mass is 219 g/mol. The second kappa shape index (κ2) is 3.67. The molecule has 0 radical (unpaired) electrons. The van der Waals surface area contributed by atoms with Crippen LogP contribution in [0.15, 0.2) is 18.2 Å². The van der Waals surface area contributed by atoms with Crippen LogP contribution in [0.25, 0.3) is 0 Å². The maximum absolute atomic E-state index is 5.99. The highest BCUT2D eigenvalue weighted by molar-refractivity contribution is 5.46. The molecule has 1 saturated carbocycles. The number of benzene rings is 1. The highest BCUT2D eigenvalue weighted by atomic mass is 16.7. The van der Waals surface area contributed by atoms with Crippen LogP contribution in [0, 0.1) is 0 Å². The second-order valence-corrected chi connectivity index (χ2v) is 4.63. The minimum Gasteiger partial charge on any atom is -0.448 e. The maximum Gasteiger partial charge on any atom is 0.251 e. The van der Waals surface area contributed by atoms with Crippen LogP contribution in [0.5, 0.6) is 11.5 Å². The van der Waals surface area contributed by atoms with E-state index in [1.807, 2.05) is 13.1 Å². The highest BCUT2D eigenvalue weighted by Gasteiger charge is 2.43. The van der Waals surface area contributed by atoms with E-state index in [0.717, 1.165) is 30.9 Å². The van der Waals surface area contributed by atoms with Crippen LogP contribution in [0.4, 0.5) is 0 Å². The lowest BCUT2D eigenvalue weighted by atomic mass is 10.2. The third-order valence-corrected chi connectivity index (χ3v) is 3.35. The van der Waals surface area contributed by atoms with Crippen molar-refractivity contribution >= 4 is 0 Å². The molecule has 1 spiro atoms. The first kappa shape index (κ1) is 9.97. The summed E-state index contributed by atoms with van der Waals surface area (Å²) in [7, 11) is 1.95. The highest BCUT2D eigenvalue weighted by Crippen LogP contribution is 2.46. The zero-order valence-electron chi connectivity index (χ0n) is 9.58. The van der Waals surface area contributed by atoms with Gasteiger partial charge in [0.2, 0.25) is 0 Å². The Morgan fingerprint density at radius 2 is 1.94 bits per heavy atom. The molecule has 3 nitrogen and oxygen atoms in total. The van der Waals surface area contributed by atoms with Gasteiger partial charge < -0.3 is 14.8 Å². The molecule has 0 unspecified atom stereocenters. The molecule has 1 fully saturated rings. The van der Waals surface area contributed by atoms with E-state index >= 15 is 0 Å². The smallest absolute Gasteiger partial charge is 0.251 e. The molecule has 1 aliphatic heterocycles. The number of ether oxygens (including phenoxy) is 2. The summed E-state index contributed by atoms with van der Waals surface area (Å²) in [5.41, 5.74) is 1.24. The van der Waals surface area contributed by atoms with E-state index in [0.29, 0.717) is 0 Å². The van der Waals surface area contributed by atoms with Gasteiger partial charge in [-0.05, 0) is 37.6 Å². The van der Waals surface area contributed by atoms with Gasteiger partial charge in [0.05, 0.1) is 0 Å². The largest absolute Gasteiger partial charge is 0.448 e. The van der Waals surface area contributed by atoms with Crippen LogP contribution in [0.1, 0.15) is 31.2 Å². The molecule has 0 atom stereocenters. The lowest BCUT2D eigenvalue weighted by molar-refractivity contribution is -0.0716. The van der Waals surface area contributed by atoms with Crippen molar-refractivity contribution in [2.75, 3.05) is 7.05 Å². The van der Waals surface area contributed by atoms with E-state index in [1.165, 1.54) is 18.4 Å². The quantitative estimate of drug-likeness (QED) is 0.828. The van der Waals surface area contributed by atoms with Crippen molar-refractivity contribution in [3.8, 4) is 11.5 Å². The molecule has 16 heavy (non-hydrogen) atoms. The van der Waals surface area contributed by atoms with Gasteiger partial charge in [-0.2, -0.15) is 0 Å². The second-order valence-electron chi connectivity index (χ2n) is 4.63. The van der Waals surface area contributed by atoms with E-state index in [-0.39, 0.29) is 5.79 Å². The summed E-state index contributed by atoms with van der Waals surface area (Å²) in [6.07, 6.45) is 4.45. The van der Waals surface area contributed by atoms with Gasteiger partial charge >= 0.3 is 0 Å². The normalized spacial score (nSPS) is 20.6. The lowest BCUT2D eigenvalue weighted by Crippen LogP contribution is -2.34. The van der Waals surface area contributed by atoms with E-state index in [4.69, 9.17) is 9.47 Å². The predicted octanol–water partition coefficient (Wildman–Crippen LogP) is 2.45. The zero-order chi connectivity index (χ0) is 11.0. The Morgan fingerprint density at radius 3 is 2.69 bits per heavy atom. The van der Waals surface area contributed by atoms with Gasteiger partial charge in [0.1, 0.15) is 0 Å². The molecule has 0 amide bonds. The standard InChI is InChI=1S/C13H17NO2/c1-14-9-10-4-5-11-12(8-10)16-13(15-11)6-2-3-7-13/h4-5,8,14H,2-3,6-7,9H2,1H3. The third-order valence-electron chi connectivity index (χ3n) is 3.35. The van der Waals surface area contributed by atoms with E-state index < -0.39 is 0 Å². The Morgan fingerprint density at radius 1 is 1.19 bits per heavy atom. The Labute approximate surface area is 95.8 Å². The molecule has 86 valence electrons. The van der Waals surface area contributed by atoms with E-state index in [1.54, 1.807) is 0 Å². The van der Waals surface area contributed by atoms with E-state index in [2.05, 4.69) is 17.4 Å². The van der Waals surface area contributed by atoms with Crippen LogP contribution in [0.2, 0.25) is 0 Å². The molecule has 0 aromatic heterocycles. The van der Waals surface area contributed by atoms with Gasteiger partial charge in [0.25, 0.3) is 5.79 Å². The first-order valence-corrected chi connectivity index (χ1v) is 5.97. The van der Waals surface area contributed by atoms with Crippen molar-refractivity contribution in [2.45, 2.75) is 38.0 Å². The number of fused-ring (bicyclic) bond motifs is 1. The van der Waals surface area contributed by atoms with Gasteiger partial charge in [-0.3, -0.25) is 0 Å². The van der Waals surface area contributed by atoms with Crippen LogP contribution < -0.4 is 14.8 Å². The topological polar surface area (TPSA) is 30.5 Å². The molecule has 1 aromatic rings. The van der Waals surface area contributed by atoms with Crippen LogP contribution in [-0.4, -0.2) is 12.8 Å². The average Bonchev–Trinajstić information content (AvgIpc) is 2.85. The number of hydrogen-bond donors (Lipinski definition) is 1. The first-order chi connectivity index (χ1) is 7.81.